The van der Waals surface area contributed by atoms with E-state index in [-0.39, 0.29) is 5.82 Å². The van der Waals surface area contributed by atoms with Gasteiger partial charge >= 0.3 is 0 Å². The Kier molecular flexibility index (Phi) is 4.92. The molecule has 3 rings (SSSR count). The highest BCUT2D eigenvalue weighted by Gasteiger charge is 2.06. The van der Waals surface area contributed by atoms with Crippen molar-refractivity contribution in [3.63, 3.8) is 0 Å². The lowest BCUT2D eigenvalue weighted by atomic mass is 10.2. The third-order valence-corrected chi connectivity index (χ3v) is 4.70. The second-order valence-corrected chi connectivity index (χ2v) is 6.66. The van der Waals surface area contributed by atoms with Gasteiger partial charge in [-0.15, -0.1) is 0 Å². The number of hydrogen-bond acceptors (Lipinski definition) is 4. The molecule has 0 saturated carbocycles. The van der Waals surface area contributed by atoms with Gasteiger partial charge in [0.05, 0.1) is 5.52 Å². The smallest absolute Gasteiger partial charge is 0.137 e. The molecule has 0 fully saturated rings. The van der Waals surface area contributed by atoms with Gasteiger partial charge in [0.1, 0.15) is 18.0 Å². The van der Waals surface area contributed by atoms with E-state index < -0.39 is 10.8 Å². The van der Waals surface area contributed by atoms with Gasteiger partial charge in [0.25, 0.3) is 0 Å². The maximum Gasteiger partial charge on any atom is 0.137 e. The van der Waals surface area contributed by atoms with E-state index in [0.717, 1.165) is 5.56 Å². The van der Waals surface area contributed by atoms with E-state index in [1.54, 1.807) is 6.07 Å². The van der Waals surface area contributed by atoms with E-state index in [1.165, 1.54) is 18.5 Å². The highest BCUT2D eigenvalue weighted by Crippen LogP contribution is 2.19. The van der Waals surface area contributed by atoms with Gasteiger partial charge in [0, 0.05) is 34.2 Å². The number of rotatable bonds is 6. The van der Waals surface area contributed by atoms with Crippen molar-refractivity contribution in [3.05, 3.63) is 66.2 Å². The number of aromatic nitrogens is 2. The topological polar surface area (TPSA) is 54.9 Å². The van der Waals surface area contributed by atoms with Crippen LogP contribution in [0.3, 0.4) is 0 Å². The van der Waals surface area contributed by atoms with E-state index in [0.29, 0.717) is 34.8 Å². The Morgan fingerprint density at radius 1 is 1.09 bits per heavy atom. The number of benzene rings is 2. The lowest BCUT2D eigenvalue weighted by Gasteiger charge is -2.08. The minimum absolute atomic E-state index is 0.331. The van der Waals surface area contributed by atoms with Crippen LogP contribution in [0.25, 0.3) is 10.9 Å². The van der Waals surface area contributed by atoms with Gasteiger partial charge in [-0.1, -0.05) is 30.3 Å². The Hall–Kier alpha value is -2.34. The van der Waals surface area contributed by atoms with E-state index in [2.05, 4.69) is 15.3 Å². The molecule has 0 bridgehead atoms. The van der Waals surface area contributed by atoms with E-state index >= 15 is 0 Å². The zero-order chi connectivity index (χ0) is 16.1. The number of hydrogen-bond donors (Lipinski definition) is 1. The number of nitrogens with one attached hydrogen (secondary N) is 1. The quantitative estimate of drug-likeness (QED) is 0.755. The predicted octanol–water partition coefficient (Wildman–Crippen LogP) is 3.13. The second-order valence-electron chi connectivity index (χ2n) is 5.08. The summed E-state index contributed by atoms with van der Waals surface area (Å²) in [6, 6.07) is 14.1. The summed E-state index contributed by atoms with van der Waals surface area (Å²) in [6.07, 6.45) is 1.43. The largest absolute Gasteiger partial charge is 0.369 e. The van der Waals surface area contributed by atoms with Crippen LogP contribution in [-0.4, -0.2) is 26.5 Å². The summed E-state index contributed by atoms with van der Waals surface area (Å²) >= 11 is 0. The lowest BCUT2D eigenvalue weighted by molar-refractivity contribution is 0.629. The molecular weight excluding hydrogens is 313 g/mol. The SMILES string of the molecule is O=[S@](CCNc1ncnc2ccc(F)cc12)Cc1ccccc1. The molecule has 0 aliphatic heterocycles. The third-order valence-electron chi connectivity index (χ3n) is 3.39. The Morgan fingerprint density at radius 3 is 2.74 bits per heavy atom. The maximum atomic E-state index is 13.4. The predicted molar refractivity (Wildman–Crippen MR) is 91.1 cm³/mol. The van der Waals surface area contributed by atoms with Gasteiger partial charge < -0.3 is 5.32 Å². The van der Waals surface area contributed by atoms with Gasteiger partial charge in [-0.05, 0) is 23.8 Å². The minimum Gasteiger partial charge on any atom is -0.369 e. The average molecular weight is 329 g/mol. The van der Waals surface area contributed by atoms with Gasteiger partial charge in [-0.25, -0.2) is 14.4 Å². The first-order valence-electron chi connectivity index (χ1n) is 7.25. The van der Waals surface area contributed by atoms with Crippen LogP contribution in [0.1, 0.15) is 5.56 Å². The Morgan fingerprint density at radius 2 is 1.91 bits per heavy atom. The fourth-order valence-electron chi connectivity index (χ4n) is 2.29. The average Bonchev–Trinajstić information content (AvgIpc) is 2.56. The molecule has 118 valence electrons. The van der Waals surface area contributed by atoms with Crippen LogP contribution in [0.2, 0.25) is 0 Å². The maximum absolute atomic E-state index is 13.4. The summed E-state index contributed by atoms with van der Waals surface area (Å²) in [5.41, 5.74) is 1.73. The van der Waals surface area contributed by atoms with Gasteiger partial charge in [-0.3, -0.25) is 4.21 Å². The Labute approximate surface area is 136 Å². The monoisotopic (exact) mass is 329 g/mol. The van der Waals surface area contributed by atoms with Gasteiger partial charge in [-0.2, -0.15) is 0 Å². The fraction of sp³-hybridized carbons (Fsp3) is 0.176. The van der Waals surface area contributed by atoms with Gasteiger partial charge in [0.2, 0.25) is 0 Å². The van der Waals surface area contributed by atoms with Crippen molar-refractivity contribution in [3.8, 4) is 0 Å². The molecule has 1 N–H and O–H groups in total. The lowest BCUT2D eigenvalue weighted by Crippen LogP contribution is -2.13. The summed E-state index contributed by atoms with van der Waals surface area (Å²) in [5.74, 6) is 1.26. The molecular formula is C17H16FN3OS. The number of fused-ring (bicyclic) bond motifs is 1. The van der Waals surface area contributed by atoms with Crippen LogP contribution in [-0.2, 0) is 16.6 Å². The summed E-state index contributed by atoms with van der Waals surface area (Å²) in [6.45, 7) is 0.502. The number of halogens is 1. The van der Waals surface area contributed by atoms with E-state index in [1.807, 2.05) is 30.3 Å². The standard InChI is InChI=1S/C17H16FN3OS/c18-14-6-7-16-15(10-14)17(21-12-20-16)19-8-9-23(22)11-13-4-2-1-3-5-13/h1-7,10,12H,8-9,11H2,(H,19,20,21)/t23-/m1/s1. The molecule has 0 aliphatic carbocycles. The molecule has 3 aromatic rings. The van der Waals surface area contributed by atoms with E-state index in [9.17, 15) is 8.60 Å². The normalized spacial score (nSPS) is 12.2. The summed E-state index contributed by atoms with van der Waals surface area (Å²) in [4.78, 5) is 8.25. The molecule has 6 heteroatoms. The van der Waals surface area contributed by atoms with Crippen LogP contribution in [0.5, 0.6) is 0 Å². The molecule has 0 amide bonds. The molecule has 0 aliphatic rings. The fourth-order valence-corrected chi connectivity index (χ4v) is 3.32. The Bertz CT molecular complexity index is 826. The van der Waals surface area contributed by atoms with Crippen LogP contribution in [0, 0.1) is 5.82 Å². The molecule has 1 heterocycles. The van der Waals surface area contributed by atoms with Crippen LogP contribution in [0.15, 0.2) is 54.9 Å². The van der Waals surface area contributed by atoms with Gasteiger partial charge in [0.15, 0.2) is 0 Å². The zero-order valence-electron chi connectivity index (χ0n) is 12.4. The minimum atomic E-state index is -0.963. The second kappa shape index (κ2) is 7.28. The van der Waals surface area contributed by atoms with Crippen molar-refractivity contribution in [2.45, 2.75) is 5.75 Å². The van der Waals surface area contributed by atoms with Crippen molar-refractivity contribution in [1.82, 2.24) is 9.97 Å². The van der Waals surface area contributed by atoms with Crippen molar-refractivity contribution >= 4 is 27.5 Å². The molecule has 0 saturated heterocycles. The van der Waals surface area contributed by atoms with Crippen LogP contribution in [0.4, 0.5) is 10.2 Å². The van der Waals surface area contributed by atoms with Crippen LogP contribution >= 0.6 is 0 Å². The summed E-state index contributed by atoms with van der Waals surface area (Å²) < 4.78 is 25.5. The zero-order valence-corrected chi connectivity index (χ0v) is 13.2. The molecule has 2 aromatic carbocycles. The summed E-state index contributed by atoms with van der Waals surface area (Å²) in [5, 5.41) is 3.75. The highest BCUT2D eigenvalue weighted by molar-refractivity contribution is 7.84. The van der Waals surface area contributed by atoms with Crippen molar-refractivity contribution in [1.29, 1.82) is 0 Å². The first-order valence-corrected chi connectivity index (χ1v) is 8.74. The van der Waals surface area contributed by atoms with Crippen molar-refractivity contribution in [2.75, 3.05) is 17.6 Å². The molecule has 1 aromatic heterocycles. The van der Waals surface area contributed by atoms with Crippen molar-refractivity contribution < 1.29 is 8.60 Å². The van der Waals surface area contributed by atoms with Crippen molar-refractivity contribution in [2.24, 2.45) is 0 Å². The first-order chi connectivity index (χ1) is 11.2. The molecule has 23 heavy (non-hydrogen) atoms. The first kappa shape index (κ1) is 15.6. The third kappa shape index (κ3) is 4.10. The number of anilines is 1. The highest BCUT2D eigenvalue weighted by atomic mass is 32.2. The van der Waals surface area contributed by atoms with E-state index in [4.69, 9.17) is 0 Å². The van der Waals surface area contributed by atoms with Crippen LogP contribution < -0.4 is 5.32 Å². The summed E-state index contributed by atoms with van der Waals surface area (Å²) in [7, 11) is -0.963. The molecule has 4 nitrogen and oxygen atoms in total. The molecule has 0 radical (unpaired) electrons. The molecule has 0 spiro atoms. The molecule has 0 unspecified atom stereocenters. The number of nitrogens with zero attached hydrogens (tertiary/aromatic N) is 2. The Balaban J connectivity index is 1.60. The molecule has 1 atom stereocenters.